The van der Waals surface area contributed by atoms with Crippen molar-refractivity contribution < 1.29 is 26.4 Å². The van der Waals surface area contributed by atoms with Crippen LogP contribution < -0.4 is 5.32 Å². The van der Waals surface area contributed by atoms with Gasteiger partial charge in [-0.2, -0.15) is 13.2 Å². The zero-order valence-electron chi connectivity index (χ0n) is 9.95. The summed E-state index contributed by atoms with van der Waals surface area (Å²) in [7, 11) is 0.881. The molecule has 1 aliphatic carbocycles. The van der Waals surface area contributed by atoms with Crippen molar-refractivity contribution in [1.82, 2.24) is 9.88 Å². The second-order valence-corrected chi connectivity index (χ2v) is 7.06. The number of alkyl halides is 3. The minimum atomic E-state index is -4.58. The molecule has 2 rings (SSSR count). The minimum absolute atomic E-state index is 0.0622. The van der Waals surface area contributed by atoms with Crippen LogP contribution in [-0.4, -0.2) is 31.1 Å². The smallest absolute Gasteiger partial charge is 0.348 e. The number of amides is 1. The molecule has 112 valence electrons. The average Bonchev–Trinajstić information content (AvgIpc) is 2.93. The third-order valence-electron chi connectivity index (χ3n) is 2.65. The lowest BCUT2D eigenvalue weighted by Crippen LogP contribution is -2.29. The van der Waals surface area contributed by atoms with Gasteiger partial charge in [-0.3, -0.25) is 4.79 Å². The van der Waals surface area contributed by atoms with Crippen LogP contribution in [0.15, 0.2) is 17.2 Å². The third kappa shape index (κ3) is 3.89. The van der Waals surface area contributed by atoms with Crippen LogP contribution in [0.2, 0.25) is 0 Å². The monoisotopic (exact) mass is 330 g/mol. The summed E-state index contributed by atoms with van der Waals surface area (Å²) >= 11 is 0. The number of aromatic nitrogens is 1. The summed E-state index contributed by atoms with van der Waals surface area (Å²) in [6, 6.07) is 0.777. The molecule has 1 saturated carbocycles. The first-order chi connectivity index (χ1) is 9.06. The first kappa shape index (κ1) is 15.2. The minimum Gasteiger partial charge on any atom is -0.348 e. The van der Waals surface area contributed by atoms with E-state index in [9.17, 15) is 26.4 Å². The lowest BCUT2D eigenvalue weighted by atomic mass is 10.4. The van der Waals surface area contributed by atoms with Gasteiger partial charge in [-0.25, -0.2) is 8.42 Å². The zero-order valence-corrected chi connectivity index (χ0v) is 11.5. The summed E-state index contributed by atoms with van der Waals surface area (Å²) < 4.78 is 60.1. The molecule has 0 unspecified atom stereocenters. The predicted molar refractivity (Wildman–Crippen MR) is 64.0 cm³/mol. The molecule has 1 aliphatic rings. The fourth-order valence-corrected chi connectivity index (χ4v) is 2.38. The maximum atomic E-state index is 12.4. The van der Waals surface area contributed by atoms with Gasteiger partial charge in [-0.15, -0.1) is 0 Å². The van der Waals surface area contributed by atoms with Gasteiger partial charge in [0.25, 0.3) is 15.0 Å². The number of hydrogen-bond donors (Lipinski definition) is 1. The molecule has 0 bridgehead atoms. The van der Waals surface area contributed by atoms with Gasteiger partial charge < -0.3 is 9.88 Å². The van der Waals surface area contributed by atoms with Crippen LogP contribution >= 0.6 is 10.7 Å². The Kier molecular flexibility index (Phi) is 3.76. The molecular weight excluding hydrogens is 321 g/mol. The highest BCUT2D eigenvalue weighted by molar-refractivity contribution is 8.13. The molecule has 1 N–H and O–H groups in total. The van der Waals surface area contributed by atoms with E-state index in [-0.39, 0.29) is 11.7 Å². The Morgan fingerprint density at radius 3 is 2.50 bits per heavy atom. The Morgan fingerprint density at radius 1 is 1.45 bits per heavy atom. The zero-order chi connectivity index (χ0) is 15.1. The van der Waals surface area contributed by atoms with E-state index in [0.29, 0.717) is 10.8 Å². The van der Waals surface area contributed by atoms with Crippen LogP contribution in [0.4, 0.5) is 13.2 Å². The quantitative estimate of drug-likeness (QED) is 0.857. The van der Waals surface area contributed by atoms with E-state index in [1.54, 1.807) is 0 Å². The van der Waals surface area contributed by atoms with Gasteiger partial charge in [0.1, 0.15) is 17.1 Å². The third-order valence-corrected chi connectivity index (χ3v) is 3.97. The average molecular weight is 331 g/mol. The molecule has 10 heteroatoms. The van der Waals surface area contributed by atoms with Crippen molar-refractivity contribution in [2.24, 2.45) is 0 Å². The van der Waals surface area contributed by atoms with Crippen LogP contribution in [-0.2, 0) is 15.6 Å². The van der Waals surface area contributed by atoms with E-state index >= 15 is 0 Å². The highest BCUT2D eigenvalue weighted by Crippen LogP contribution is 2.25. The van der Waals surface area contributed by atoms with Gasteiger partial charge in [-0.05, 0) is 18.9 Å². The van der Waals surface area contributed by atoms with Gasteiger partial charge in [0.2, 0.25) is 0 Å². The summed E-state index contributed by atoms with van der Waals surface area (Å²) in [5.41, 5.74) is -0.381. The second kappa shape index (κ2) is 4.96. The van der Waals surface area contributed by atoms with Gasteiger partial charge in [0.05, 0.1) is 0 Å². The van der Waals surface area contributed by atoms with Crippen LogP contribution in [0.3, 0.4) is 0 Å². The number of rotatable bonds is 4. The molecular formula is C10H10ClF3N2O3S. The topological polar surface area (TPSA) is 68.2 Å². The standard InChI is InChI=1S/C10H10ClF3N2O3S/c11-20(18,19)7-3-8(9(17)15-6-1-2-6)16(4-7)5-10(12,13)14/h3-4,6H,1-2,5H2,(H,15,17). The highest BCUT2D eigenvalue weighted by Gasteiger charge is 2.32. The molecule has 20 heavy (non-hydrogen) atoms. The SMILES string of the molecule is O=C(NC1CC1)c1cc(S(=O)(=O)Cl)cn1CC(F)(F)F. The van der Waals surface area contributed by atoms with E-state index in [0.717, 1.165) is 18.9 Å². The normalized spacial score (nSPS) is 16.2. The summed E-state index contributed by atoms with van der Waals surface area (Å²) in [5, 5.41) is 2.50. The van der Waals surface area contributed by atoms with E-state index in [4.69, 9.17) is 10.7 Å². The summed E-state index contributed by atoms with van der Waals surface area (Å²) in [4.78, 5) is 11.3. The van der Waals surface area contributed by atoms with Crippen LogP contribution in [0.1, 0.15) is 23.3 Å². The molecule has 1 heterocycles. The molecule has 0 aromatic carbocycles. The second-order valence-electron chi connectivity index (χ2n) is 4.49. The number of hydrogen-bond acceptors (Lipinski definition) is 3. The molecule has 1 fully saturated rings. The summed E-state index contributed by atoms with van der Waals surface area (Å²) in [6.07, 6.45) is -2.36. The lowest BCUT2D eigenvalue weighted by Gasteiger charge is -2.11. The molecule has 1 aromatic rings. The largest absolute Gasteiger partial charge is 0.406 e. The van der Waals surface area contributed by atoms with Crippen molar-refractivity contribution in [2.75, 3.05) is 0 Å². The Hall–Kier alpha value is -1.22. The van der Waals surface area contributed by atoms with Gasteiger partial charge >= 0.3 is 6.18 Å². The highest BCUT2D eigenvalue weighted by atomic mass is 35.7. The maximum absolute atomic E-state index is 12.4. The van der Waals surface area contributed by atoms with Crippen molar-refractivity contribution in [3.8, 4) is 0 Å². The molecule has 1 amide bonds. The Morgan fingerprint density at radius 2 is 2.05 bits per heavy atom. The lowest BCUT2D eigenvalue weighted by molar-refractivity contribution is -0.140. The van der Waals surface area contributed by atoms with Gasteiger partial charge in [0.15, 0.2) is 0 Å². The van der Waals surface area contributed by atoms with Gasteiger partial charge in [0, 0.05) is 22.9 Å². The number of nitrogens with one attached hydrogen (secondary N) is 1. The van der Waals surface area contributed by atoms with Crippen molar-refractivity contribution in [3.05, 3.63) is 18.0 Å². The number of nitrogens with zero attached hydrogens (tertiary/aromatic N) is 1. The summed E-state index contributed by atoms with van der Waals surface area (Å²) in [6.45, 7) is -1.47. The first-order valence-electron chi connectivity index (χ1n) is 5.59. The fourth-order valence-electron chi connectivity index (χ4n) is 1.62. The predicted octanol–water partition coefficient (Wildman–Crippen LogP) is 1.87. The van der Waals surface area contributed by atoms with Crippen LogP contribution in [0.25, 0.3) is 0 Å². The van der Waals surface area contributed by atoms with Crippen molar-refractivity contribution >= 4 is 25.6 Å². The fraction of sp³-hybridized carbons (Fsp3) is 0.500. The molecule has 0 atom stereocenters. The number of halogens is 4. The first-order valence-corrected chi connectivity index (χ1v) is 7.89. The van der Waals surface area contributed by atoms with Gasteiger partial charge in [-0.1, -0.05) is 0 Å². The summed E-state index contributed by atoms with van der Waals surface area (Å²) in [5.74, 6) is -0.747. The maximum Gasteiger partial charge on any atom is 0.406 e. The molecule has 0 radical (unpaired) electrons. The van der Waals surface area contributed by atoms with Crippen LogP contribution in [0, 0.1) is 0 Å². The molecule has 0 saturated heterocycles. The van der Waals surface area contributed by atoms with Crippen molar-refractivity contribution in [3.63, 3.8) is 0 Å². The van der Waals surface area contributed by atoms with Crippen LogP contribution in [0.5, 0.6) is 0 Å². The molecule has 0 spiro atoms. The Bertz CT molecular complexity index is 635. The number of carbonyl (C=O) groups is 1. The molecule has 1 aromatic heterocycles. The molecule has 5 nitrogen and oxygen atoms in total. The Balaban J connectivity index is 2.35. The van der Waals surface area contributed by atoms with Crippen molar-refractivity contribution in [1.29, 1.82) is 0 Å². The Labute approximate surface area is 117 Å². The van der Waals surface area contributed by atoms with Crippen molar-refractivity contribution in [2.45, 2.75) is 36.5 Å². The van der Waals surface area contributed by atoms with E-state index in [2.05, 4.69) is 5.32 Å². The molecule has 0 aliphatic heterocycles. The van der Waals surface area contributed by atoms with E-state index in [1.165, 1.54) is 0 Å². The number of carbonyl (C=O) groups excluding carboxylic acids is 1. The van der Waals surface area contributed by atoms with E-state index < -0.39 is 32.6 Å². The van der Waals surface area contributed by atoms with E-state index in [1.807, 2.05) is 0 Å².